The van der Waals surface area contributed by atoms with Crippen LogP contribution in [-0.4, -0.2) is 15.0 Å². The zero-order valence-corrected chi connectivity index (χ0v) is 17.1. The van der Waals surface area contributed by atoms with E-state index in [0.29, 0.717) is 30.3 Å². The van der Waals surface area contributed by atoms with E-state index in [1.165, 1.54) is 9.13 Å². The molecule has 2 unspecified atom stereocenters. The Kier molecular flexibility index (Phi) is 6.32. The predicted octanol–water partition coefficient (Wildman–Crippen LogP) is 3.40. The lowest BCUT2D eigenvalue weighted by Gasteiger charge is -2.23. The van der Waals surface area contributed by atoms with Crippen LogP contribution in [0.1, 0.15) is 51.3 Å². The number of fused-ring (bicyclic) bond motifs is 1. The Morgan fingerprint density at radius 1 is 1.00 bits per heavy atom. The topological polar surface area (TPSA) is 73.1 Å². The highest BCUT2D eigenvalue weighted by Gasteiger charge is 2.25. The van der Waals surface area contributed by atoms with E-state index in [1.807, 2.05) is 51.1 Å². The van der Waals surface area contributed by atoms with Gasteiger partial charge in [0.1, 0.15) is 6.04 Å². The fourth-order valence-corrected chi connectivity index (χ4v) is 3.67. The molecule has 1 aromatic heterocycles. The molecule has 0 saturated carbocycles. The number of nitrogens with one attached hydrogen (secondary N) is 1. The van der Waals surface area contributed by atoms with Gasteiger partial charge in [-0.3, -0.25) is 18.7 Å². The lowest BCUT2D eigenvalue weighted by Crippen LogP contribution is -2.45. The van der Waals surface area contributed by atoms with E-state index in [4.69, 9.17) is 0 Å². The van der Waals surface area contributed by atoms with E-state index in [1.54, 1.807) is 24.3 Å². The van der Waals surface area contributed by atoms with Crippen LogP contribution in [0.25, 0.3) is 10.9 Å². The molecule has 0 aliphatic rings. The maximum absolute atomic E-state index is 13.2. The molecule has 0 saturated heterocycles. The average molecular weight is 393 g/mol. The second kappa shape index (κ2) is 8.90. The summed E-state index contributed by atoms with van der Waals surface area (Å²) in [7, 11) is 0. The molecule has 1 amide bonds. The zero-order chi connectivity index (χ0) is 21.0. The quantitative estimate of drug-likeness (QED) is 0.669. The number of nitrogens with zero attached hydrogens (tertiary/aromatic N) is 2. The predicted molar refractivity (Wildman–Crippen MR) is 115 cm³/mol. The number of hydrogen-bond acceptors (Lipinski definition) is 3. The molecule has 1 N–H and O–H groups in total. The maximum atomic E-state index is 13.2. The normalized spacial score (nSPS) is 13.2. The summed E-state index contributed by atoms with van der Waals surface area (Å²) in [4.78, 5) is 39.1. The molecule has 0 radical (unpaired) electrons. The van der Waals surface area contributed by atoms with Crippen molar-refractivity contribution in [3.63, 3.8) is 0 Å². The largest absolute Gasteiger partial charge is 0.348 e. The highest BCUT2D eigenvalue weighted by molar-refractivity contribution is 5.84. The summed E-state index contributed by atoms with van der Waals surface area (Å²) in [6.07, 6.45) is 1.09. The monoisotopic (exact) mass is 393 g/mol. The van der Waals surface area contributed by atoms with Gasteiger partial charge in [-0.15, -0.1) is 0 Å². The number of carbonyl (C=O) groups excluding carboxylic acids is 1. The molecule has 0 aliphatic carbocycles. The summed E-state index contributed by atoms with van der Waals surface area (Å²) >= 11 is 0. The fourth-order valence-electron chi connectivity index (χ4n) is 3.67. The average Bonchev–Trinajstić information content (AvgIpc) is 2.74. The molecular weight excluding hydrogens is 366 g/mol. The third-order valence-corrected chi connectivity index (χ3v) is 5.18. The number of amides is 1. The minimum Gasteiger partial charge on any atom is -0.348 e. The van der Waals surface area contributed by atoms with E-state index in [0.717, 1.165) is 5.56 Å². The molecule has 0 spiro atoms. The molecule has 0 fully saturated rings. The molecule has 29 heavy (non-hydrogen) atoms. The molecule has 2 atom stereocenters. The van der Waals surface area contributed by atoms with Crippen LogP contribution in [-0.2, 0) is 11.3 Å². The van der Waals surface area contributed by atoms with Gasteiger partial charge < -0.3 is 5.32 Å². The Bertz CT molecular complexity index is 1120. The molecule has 6 nitrogen and oxygen atoms in total. The lowest BCUT2D eigenvalue weighted by atomic mass is 10.1. The Morgan fingerprint density at radius 2 is 1.66 bits per heavy atom. The van der Waals surface area contributed by atoms with E-state index in [-0.39, 0.29) is 17.5 Å². The Balaban J connectivity index is 2.08. The first-order chi connectivity index (χ1) is 14.0. The van der Waals surface area contributed by atoms with Crippen molar-refractivity contribution in [2.24, 2.45) is 0 Å². The van der Waals surface area contributed by atoms with Crippen molar-refractivity contribution in [2.75, 3.05) is 0 Å². The Morgan fingerprint density at radius 3 is 2.31 bits per heavy atom. The van der Waals surface area contributed by atoms with Crippen molar-refractivity contribution < 1.29 is 4.79 Å². The van der Waals surface area contributed by atoms with Gasteiger partial charge in [-0.25, -0.2) is 4.79 Å². The van der Waals surface area contributed by atoms with Gasteiger partial charge in [0.15, 0.2) is 0 Å². The van der Waals surface area contributed by atoms with Crippen molar-refractivity contribution in [3.8, 4) is 0 Å². The van der Waals surface area contributed by atoms with Crippen LogP contribution in [0.2, 0.25) is 0 Å². The van der Waals surface area contributed by atoms with E-state index < -0.39 is 11.7 Å². The molecule has 3 rings (SSSR count). The fraction of sp³-hybridized carbons (Fsp3) is 0.348. The number of aromatic nitrogens is 2. The standard InChI is InChI=1S/C23H27N3O3/c1-4-15-25-22(28)18-13-9-10-14-20(18)26(23(25)29)19(5-2)21(27)24-16(3)17-11-7-6-8-12-17/h6-14,16,19H,4-5,15H2,1-3H3,(H,24,27). The van der Waals surface area contributed by atoms with Crippen molar-refractivity contribution >= 4 is 16.8 Å². The molecule has 152 valence electrons. The first-order valence-electron chi connectivity index (χ1n) is 10.1. The minimum absolute atomic E-state index is 0.193. The number of para-hydroxylation sites is 1. The third kappa shape index (κ3) is 4.01. The third-order valence-electron chi connectivity index (χ3n) is 5.18. The van der Waals surface area contributed by atoms with Crippen LogP contribution in [0.5, 0.6) is 0 Å². The van der Waals surface area contributed by atoms with Crippen molar-refractivity contribution in [1.82, 2.24) is 14.5 Å². The summed E-state index contributed by atoms with van der Waals surface area (Å²) in [5.41, 5.74) is 0.731. The van der Waals surface area contributed by atoms with Gasteiger partial charge in [0.2, 0.25) is 5.91 Å². The molecular formula is C23H27N3O3. The summed E-state index contributed by atoms with van der Waals surface area (Å²) in [5.74, 6) is -0.238. The number of hydrogen-bond donors (Lipinski definition) is 1. The summed E-state index contributed by atoms with van der Waals surface area (Å²) < 4.78 is 2.71. The number of rotatable bonds is 7. The SMILES string of the molecule is CCCn1c(=O)c2ccccc2n(C(CC)C(=O)NC(C)c2ccccc2)c1=O. The maximum Gasteiger partial charge on any atom is 0.332 e. The second-order valence-corrected chi connectivity index (χ2v) is 7.19. The van der Waals surface area contributed by atoms with Crippen LogP contribution in [0, 0.1) is 0 Å². The van der Waals surface area contributed by atoms with Crippen molar-refractivity contribution in [2.45, 2.75) is 52.2 Å². The number of carbonyl (C=O) groups is 1. The van der Waals surface area contributed by atoms with Crippen LogP contribution >= 0.6 is 0 Å². The lowest BCUT2D eigenvalue weighted by molar-refractivity contribution is -0.125. The van der Waals surface area contributed by atoms with Crippen LogP contribution in [0.3, 0.4) is 0 Å². The first-order valence-corrected chi connectivity index (χ1v) is 10.1. The van der Waals surface area contributed by atoms with Crippen LogP contribution in [0.4, 0.5) is 0 Å². The van der Waals surface area contributed by atoms with Gasteiger partial charge in [0, 0.05) is 6.54 Å². The Labute approximate surface area is 169 Å². The summed E-state index contributed by atoms with van der Waals surface area (Å²) in [6.45, 7) is 6.02. The van der Waals surface area contributed by atoms with Crippen molar-refractivity contribution in [1.29, 1.82) is 0 Å². The van der Waals surface area contributed by atoms with Gasteiger partial charge in [-0.05, 0) is 37.5 Å². The molecule has 0 bridgehead atoms. The van der Waals surface area contributed by atoms with Gasteiger partial charge in [0.05, 0.1) is 16.9 Å². The molecule has 6 heteroatoms. The van der Waals surface area contributed by atoms with Gasteiger partial charge in [-0.2, -0.15) is 0 Å². The van der Waals surface area contributed by atoms with Gasteiger partial charge in [0.25, 0.3) is 5.56 Å². The molecule has 0 aliphatic heterocycles. The highest BCUT2D eigenvalue weighted by Crippen LogP contribution is 2.19. The number of benzene rings is 2. The van der Waals surface area contributed by atoms with Crippen LogP contribution in [0.15, 0.2) is 64.2 Å². The Hall–Kier alpha value is -3.15. The molecule has 2 aromatic carbocycles. The van der Waals surface area contributed by atoms with E-state index in [9.17, 15) is 14.4 Å². The molecule has 3 aromatic rings. The van der Waals surface area contributed by atoms with E-state index >= 15 is 0 Å². The van der Waals surface area contributed by atoms with Crippen LogP contribution < -0.4 is 16.6 Å². The van der Waals surface area contributed by atoms with E-state index in [2.05, 4.69) is 5.32 Å². The first kappa shape index (κ1) is 20.6. The van der Waals surface area contributed by atoms with Gasteiger partial charge >= 0.3 is 5.69 Å². The summed E-state index contributed by atoms with van der Waals surface area (Å²) in [5, 5.41) is 3.46. The smallest absolute Gasteiger partial charge is 0.332 e. The second-order valence-electron chi connectivity index (χ2n) is 7.19. The highest BCUT2D eigenvalue weighted by atomic mass is 16.2. The molecule has 1 heterocycles. The van der Waals surface area contributed by atoms with Crippen molar-refractivity contribution in [3.05, 3.63) is 81.0 Å². The minimum atomic E-state index is -0.706. The zero-order valence-electron chi connectivity index (χ0n) is 17.1. The summed E-state index contributed by atoms with van der Waals surface area (Å²) in [6, 6.07) is 15.8. The van der Waals surface area contributed by atoms with Gasteiger partial charge in [-0.1, -0.05) is 56.3 Å².